The third-order valence-corrected chi connectivity index (χ3v) is 8.96. The number of hydrogen-bond donors (Lipinski definition) is 1. The second-order valence-electron chi connectivity index (χ2n) is 11.1. The Balaban J connectivity index is 1.29. The summed E-state index contributed by atoms with van der Waals surface area (Å²) in [6, 6.07) is 22.8. The molecule has 3 aliphatic heterocycles. The monoisotopic (exact) mass is 561 g/mol. The maximum atomic E-state index is 11.4. The van der Waals surface area contributed by atoms with Gasteiger partial charge in [-0.1, -0.05) is 24.3 Å². The van der Waals surface area contributed by atoms with Crippen LogP contribution in [0.15, 0.2) is 66.7 Å². The molecule has 0 saturated carbocycles. The molecule has 1 N–H and O–H groups in total. The average molecular weight is 562 g/mol. The van der Waals surface area contributed by atoms with Crippen LogP contribution in [0.2, 0.25) is 0 Å². The van der Waals surface area contributed by atoms with Crippen LogP contribution in [-0.2, 0) is 25.9 Å². The zero-order chi connectivity index (χ0) is 28.4. The van der Waals surface area contributed by atoms with Crippen LogP contribution in [0.1, 0.15) is 33.9 Å². The highest BCUT2D eigenvalue weighted by molar-refractivity contribution is 5.83. The van der Waals surface area contributed by atoms with E-state index in [1.807, 2.05) is 30.3 Å². The van der Waals surface area contributed by atoms with E-state index in [0.29, 0.717) is 18.8 Å². The lowest BCUT2D eigenvalue weighted by atomic mass is 9.81. The van der Waals surface area contributed by atoms with Gasteiger partial charge in [0.1, 0.15) is 11.6 Å². The van der Waals surface area contributed by atoms with Crippen molar-refractivity contribution in [3.63, 3.8) is 0 Å². The SMILES string of the molecule is COc1ccc(Cn2c(-c3cc(OC)c(O)c4c3CC3c5cc6c(cc5CCN3C4)OCO6)nc3ccccc32)cc1. The number of hydrogen-bond acceptors (Lipinski definition) is 7. The van der Waals surface area contributed by atoms with Gasteiger partial charge in [0.05, 0.1) is 25.3 Å². The Labute approximate surface area is 243 Å². The summed E-state index contributed by atoms with van der Waals surface area (Å²) in [4.78, 5) is 7.63. The first-order chi connectivity index (χ1) is 20.6. The van der Waals surface area contributed by atoms with Crippen LogP contribution in [0.4, 0.5) is 0 Å². The minimum Gasteiger partial charge on any atom is -0.504 e. The molecule has 8 heteroatoms. The number of para-hydroxylation sites is 2. The van der Waals surface area contributed by atoms with Crippen LogP contribution in [-0.4, -0.2) is 47.1 Å². The number of nitrogens with zero attached hydrogens (tertiary/aromatic N) is 3. The molecule has 212 valence electrons. The van der Waals surface area contributed by atoms with Crippen LogP contribution in [0, 0.1) is 0 Å². The summed E-state index contributed by atoms with van der Waals surface area (Å²) in [5.41, 5.74) is 8.69. The molecule has 4 aromatic carbocycles. The van der Waals surface area contributed by atoms with Crippen molar-refractivity contribution in [3.05, 3.63) is 94.5 Å². The van der Waals surface area contributed by atoms with Crippen molar-refractivity contribution < 1.29 is 24.1 Å². The van der Waals surface area contributed by atoms with Crippen LogP contribution in [0.3, 0.4) is 0 Å². The highest BCUT2D eigenvalue weighted by atomic mass is 16.7. The normalized spacial score (nSPS) is 17.0. The fourth-order valence-corrected chi connectivity index (χ4v) is 6.82. The van der Waals surface area contributed by atoms with Gasteiger partial charge in [-0.3, -0.25) is 4.90 Å². The summed E-state index contributed by atoms with van der Waals surface area (Å²) in [5.74, 6) is 3.99. The number of imidazole rings is 1. The molecule has 0 amide bonds. The second-order valence-corrected chi connectivity index (χ2v) is 11.1. The van der Waals surface area contributed by atoms with E-state index < -0.39 is 0 Å². The average Bonchev–Trinajstić information content (AvgIpc) is 3.64. The number of aromatic nitrogens is 2. The van der Waals surface area contributed by atoms with Crippen molar-refractivity contribution >= 4 is 11.0 Å². The highest BCUT2D eigenvalue weighted by Crippen LogP contribution is 2.49. The lowest BCUT2D eigenvalue weighted by Gasteiger charge is -2.42. The van der Waals surface area contributed by atoms with Crippen molar-refractivity contribution in [3.8, 4) is 40.1 Å². The fourth-order valence-electron chi connectivity index (χ4n) is 6.82. The molecule has 0 radical (unpaired) electrons. The van der Waals surface area contributed by atoms with Gasteiger partial charge in [0, 0.05) is 36.8 Å². The molecule has 1 atom stereocenters. The predicted molar refractivity (Wildman–Crippen MR) is 159 cm³/mol. The Bertz CT molecular complexity index is 1850. The van der Waals surface area contributed by atoms with Crippen LogP contribution >= 0.6 is 0 Å². The van der Waals surface area contributed by atoms with Crippen molar-refractivity contribution in [2.45, 2.75) is 32.0 Å². The number of rotatable bonds is 5. The van der Waals surface area contributed by atoms with Gasteiger partial charge in [0.15, 0.2) is 23.0 Å². The summed E-state index contributed by atoms with van der Waals surface area (Å²) in [6.45, 7) is 2.43. The number of aromatic hydroxyl groups is 1. The number of fused-ring (bicyclic) bond motifs is 6. The third kappa shape index (κ3) is 3.89. The zero-order valence-electron chi connectivity index (χ0n) is 23.6. The van der Waals surface area contributed by atoms with E-state index in [1.165, 1.54) is 11.1 Å². The zero-order valence-corrected chi connectivity index (χ0v) is 23.6. The maximum Gasteiger partial charge on any atom is 0.231 e. The summed E-state index contributed by atoms with van der Waals surface area (Å²) in [6.07, 6.45) is 1.66. The first kappa shape index (κ1) is 25.1. The van der Waals surface area contributed by atoms with Crippen molar-refractivity contribution in [1.29, 1.82) is 0 Å². The Morgan fingerprint density at radius 2 is 1.76 bits per heavy atom. The molecule has 8 nitrogen and oxygen atoms in total. The molecule has 0 spiro atoms. The van der Waals surface area contributed by atoms with Crippen LogP contribution < -0.4 is 18.9 Å². The van der Waals surface area contributed by atoms with E-state index in [-0.39, 0.29) is 18.6 Å². The molecule has 0 aliphatic carbocycles. The predicted octanol–water partition coefficient (Wildman–Crippen LogP) is 5.86. The quantitative estimate of drug-likeness (QED) is 0.288. The number of benzene rings is 4. The molecule has 4 heterocycles. The van der Waals surface area contributed by atoms with E-state index in [1.54, 1.807) is 14.2 Å². The topological polar surface area (TPSA) is 78.2 Å². The van der Waals surface area contributed by atoms with Gasteiger partial charge in [-0.25, -0.2) is 4.98 Å². The molecule has 5 aromatic rings. The van der Waals surface area contributed by atoms with E-state index in [4.69, 9.17) is 23.9 Å². The van der Waals surface area contributed by atoms with E-state index in [0.717, 1.165) is 75.7 Å². The van der Waals surface area contributed by atoms with Gasteiger partial charge >= 0.3 is 0 Å². The van der Waals surface area contributed by atoms with Crippen LogP contribution in [0.25, 0.3) is 22.4 Å². The molecule has 0 bridgehead atoms. The van der Waals surface area contributed by atoms with Gasteiger partial charge in [0.25, 0.3) is 0 Å². The lowest BCUT2D eigenvalue weighted by molar-refractivity contribution is 0.158. The Morgan fingerprint density at radius 3 is 2.57 bits per heavy atom. The molecule has 0 fully saturated rings. The fraction of sp³-hybridized carbons (Fsp3) is 0.265. The summed E-state index contributed by atoms with van der Waals surface area (Å²) in [5, 5.41) is 11.4. The van der Waals surface area contributed by atoms with Crippen LogP contribution in [0.5, 0.6) is 28.7 Å². The summed E-state index contributed by atoms with van der Waals surface area (Å²) < 4.78 is 24.8. The largest absolute Gasteiger partial charge is 0.504 e. The molecular weight excluding hydrogens is 530 g/mol. The van der Waals surface area contributed by atoms with Crippen molar-refractivity contribution in [2.24, 2.45) is 0 Å². The van der Waals surface area contributed by atoms with E-state index >= 15 is 0 Å². The van der Waals surface area contributed by atoms with Crippen molar-refractivity contribution in [2.75, 3.05) is 27.6 Å². The smallest absolute Gasteiger partial charge is 0.231 e. The van der Waals surface area contributed by atoms with Gasteiger partial charge in [-0.2, -0.15) is 0 Å². The van der Waals surface area contributed by atoms with E-state index in [2.05, 4.69) is 45.9 Å². The molecule has 0 saturated heterocycles. The minimum atomic E-state index is 0.154. The van der Waals surface area contributed by atoms with Gasteiger partial charge in [-0.05, 0) is 77.6 Å². The summed E-state index contributed by atoms with van der Waals surface area (Å²) >= 11 is 0. The Hall–Kier alpha value is -4.69. The van der Waals surface area contributed by atoms with Gasteiger partial charge < -0.3 is 28.6 Å². The number of methoxy groups -OCH3 is 2. The summed E-state index contributed by atoms with van der Waals surface area (Å²) in [7, 11) is 3.29. The van der Waals surface area contributed by atoms with Gasteiger partial charge in [-0.15, -0.1) is 0 Å². The second kappa shape index (κ2) is 9.70. The minimum absolute atomic E-state index is 0.154. The number of phenolic OH excluding ortho intramolecular Hbond substituents is 1. The van der Waals surface area contributed by atoms with Gasteiger partial charge in [0.2, 0.25) is 6.79 Å². The maximum absolute atomic E-state index is 11.4. The Kier molecular flexibility index (Phi) is 5.79. The van der Waals surface area contributed by atoms with Crippen molar-refractivity contribution in [1.82, 2.24) is 14.5 Å². The number of ether oxygens (including phenoxy) is 4. The first-order valence-electron chi connectivity index (χ1n) is 14.3. The standard InChI is InChI=1S/C34H31N3O5/c1-39-22-9-7-20(8-10-22)17-37-28-6-4-3-5-27(28)35-34(37)25-16-32(40-2)33(38)26-18-36-12-11-21-13-30-31(42-19-41-30)15-23(21)29(36)14-24(25)26/h3-10,13,15-16,29,38H,11-12,14,17-19H2,1-2H3. The third-order valence-electron chi connectivity index (χ3n) is 8.96. The number of phenols is 1. The molecule has 3 aliphatic rings. The van der Waals surface area contributed by atoms with E-state index in [9.17, 15) is 5.11 Å². The highest BCUT2D eigenvalue weighted by Gasteiger charge is 2.37. The first-order valence-corrected chi connectivity index (χ1v) is 14.3. The Morgan fingerprint density at radius 1 is 0.952 bits per heavy atom. The molecular formula is C34H31N3O5. The lowest BCUT2D eigenvalue weighted by Crippen LogP contribution is -2.39. The molecule has 8 rings (SSSR count). The molecule has 1 aromatic heterocycles. The molecule has 1 unspecified atom stereocenters. The molecule has 42 heavy (non-hydrogen) atoms.